The Morgan fingerprint density at radius 3 is 1.06 bits per heavy atom. The summed E-state index contributed by atoms with van der Waals surface area (Å²) < 4.78 is 10.8. The zero-order valence-electron chi connectivity index (χ0n) is 12.9. The largest absolute Gasteiger partial charge is 0.440 e. The van der Waals surface area contributed by atoms with Gasteiger partial charge in [-0.2, -0.15) is 0 Å². The van der Waals surface area contributed by atoms with Crippen LogP contribution in [0.15, 0.2) is 0 Å². The first kappa shape index (κ1) is 18.0. The summed E-state index contributed by atoms with van der Waals surface area (Å²) in [7, 11) is 3.18. The minimum Gasteiger partial charge on any atom is -0.440 e. The highest BCUT2D eigenvalue weighted by Crippen LogP contribution is 2.30. The van der Waals surface area contributed by atoms with Crippen LogP contribution in [0.3, 0.4) is 0 Å². The van der Waals surface area contributed by atoms with Crippen LogP contribution < -0.4 is 0 Å². The SMILES string of the molecule is CC(C)(O)C(C)(C)O.CC1(C)O[B][B]OC1(C)C. The number of aliphatic hydroxyl groups is 2. The monoisotopic (exact) mass is 256 g/mol. The molecule has 4 nitrogen and oxygen atoms in total. The maximum atomic E-state index is 9.10. The van der Waals surface area contributed by atoms with Gasteiger partial charge in [-0.15, -0.1) is 0 Å². The molecule has 1 fully saturated rings. The van der Waals surface area contributed by atoms with Gasteiger partial charge in [0.05, 0.1) is 22.4 Å². The molecule has 1 heterocycles. The third-order valence-electron chi connectivity index (χ3n) is 3.73. The fraction of sp³-hybridized carbons (Fsp3) is 1.00. The molecule has 104 valence electrons. The molecule has 0 spiro atoms. The van der Waals surface area contributed by atoms with Crippen LogP contribution in [-0.4, -0.2) is 47.4 Å². The molecule has 2 N–H and O–H groups in total. The van der Waals surface area contributed by atoms with E-state index in [4.69, 9.17) is 19.5 Å². The first-order valence-corrected chi connectivity index (χ1v) is 6.16. The summed E-state index contributed by atoms with van der Waals surface area (Å²) in [5.41, 5.74) is -2.48. The summed E-state index contributed by atoms with van der Waals surface area (Å²) in [5, 5.41) is 18.2. The molecule has 1 aliphatic rings. The first-order chi connectivity index (χ1) is 7.71. The van der Waals surface area contributed by atoms with E-state index < -0.39 is 11.2 Å². The van der Waals surface area contributed by atoms with Crippen molar-refractivity contribution in [2.45, 2.75) is 77.8 Å². The molecule has 0 aromatic carbocycles. The Hall–Kier alpha value is -0.0301. The Morgan fingerprint density at radius 1 is 0.722 bits per heavy atom. The van der Waals surface area contributed by atoms with Crippen molar-refractivity contribution in [2.24, 2.45) is 0 Å². The van der Waals surface area contributed by atoms with Crippen molar-refractivity contribution in [2.75, 3.05) is 0 Å². The third-order valence-corrected chi connectivity index (χ3v) is 3.73. The molecular formula is C12H26B2O4. The van der Waals surface area contributed by atoms with E-state index in [1.807, 2.05) is 27.7 Å². The van der Waals surface area contributed by atoms with Gasteiger partial charge in [-0.25, -0.2) is 0 Å². The summed E-state index contributed by atoms with van der Waals surface area (Å²) in [5.74, 6) is 0. The second kappa shape index (κ2) is 5.53. The Bertz CT molecular complexity index is 236. The number of rotatable bonds is 1. The van der Waals surface area contributed by atoms with Gasteiger partial charge in [0.1, 0.15) is 0 Å². The molecule has 0 unspecified atom stereocenters. The second-order valence-corrected chi connectivity index (χ2v) is 6.65. The molecule has 0 bridgehead atoms. The van der Waals surface area contributed by atoms with Gasteiger partial charge in [0.25, 0.3) is 14.7 Å². The fourth-order valence-electron chi connectivity index (χ4n) is 0.680. The maximum Gasteiger partial charge on any atom is 0.283 e. The minimum atomic E-state index is -1.01. The Morgan fingerprint density at radius 2 is 0.944 bits per heavy atom. The quantitative estimate of drug-likeness (QED) is 0.693. The highest BCUT2D eigenvalue weighted by atomic mass is 16.5. The van der Waals surface area contributed by atoms with Crippen molar-refractivity contribution in [1.29, 1.82) is 0 Å². The molecule has 1 aliphatic heterocycles. The topological polar surface area (TPSA) is 58.9 Å². The normalized spacial score (nSPS) is 22.1. The lowest BCUT2D eigenvalue weighted by Crippen LogP contribution is -2.56. The summed E-state index contributed by atoms with van der Waals surface area (Å²) in [4.78, 5) is 0. The zero-order valence-corrected chi connectivity index (χ0v) is 12.9. The van der Waals surface area contributed by atoms with E-state index in [0.717, 1.165) is 0 Å². The summed E-state index contributed by atoms with van der Waals surface area (Å²) in [6, 6.07) is 0. The van der Waals surface area contributed by atoms with Gasteiger partial charge in [0.15, 0.2) is 0 Å². The highest BCUT2D eigenvalue weighted by Gasteiger charge is 2.41. The van der Waals surface area contributed by atoms with Crippen molar-refractivity contribution < 1.29 is 19.5 Å². The van der Waals surface area contributed by atoms with E-state index >= 15 is 0 Å². The predicted molar refractivity (Wildman–Crippen MR) is 74.4 cm³/mol. The molecule has 2 radical (unpaired) electrons. The van der Waals surface area contributed by atoms with Crippen LogP contribution in [0, 0.1) is 0 Å². The molecular weight excluding hydrogens is 230 g/mol. The molecule has 0 aromatic rings. The van der Waals surface area contributed by atoms with Crippen molar-refractivity contribution in [3.8, 4) is 0 Å². The van der Waals surface area contributed by atoms with E-state index in [1.165, 1.54) is 0 Å². The Kier molecular flexibility index (Phi) is 5.52. The van der Waals surface area contributed by atoms with Crippen LogP contribution in [0.4, 0.5) is 0 Å². The number of hydrogen-bond donors (Lipinski definition) is 2. The van der Waals surface area contributed by atoms with Gasteiger partial charge in [-0.3, -0.25) is 0 Å². The highest BCUT2D eigenvalue weighted by molar-refractivity contribution is 6.94. The van der Waals surface area contributed by atoms with Crippen LogP contribution in [0.1, 0.15) is 55.4 Å². The van der Waals surface area contributed by atoms with Crippen LogP contribution >= 0.6 is 0 Å². The summed E-state index contributed by atoms with van der Waals surface area (Å²) >= 11 is 0. The van der Waals surface area contributed by atoms with Crippen molar-refractivity contribution >= 4 is 14.7 Å². The average molecular weight is 256 g/mol. The molecule has 0 aromatic heterocycles. The van der Waals surface area contributed by atoms with E-state index in [2.05, 4.69) is 0 Å². The van der Waals surface area contributed by atoms with E-state index in [-0.39, 0.29) is 11.2 Å². The summed E-state index contributed by atoms with van der Waals surface area (Å²) in [6.07, 6.45) is 0. The Balaban J connectivity index is 0.000000331. The van der Waals surface area contributed by atoms with Crippen LogP contribution in [-0.2, 0) is 9.31 Å². The van der Waals surface area contributed by atoms with Crippen LogP contribution in [0.5, 0.6) is 0 Å². The lowest BCUT2D eigenvalue weighted by atomic mass is 9.60. The molecule has 0 saturated carbocycles. The molecule has 1 rings (SSSR count). The van der Waals surface area contributed by atoms with Gasteiger partial charge in [-0.1, -0.05) is 0 Å². The maximum absolute atomic E-state index is 9.10. The smallest absolute Gasteiger partial charge is 0.283 e. The zero-order chi connectivity index (χ0) is 14.8. The van der Waals surface area contributed by atoms with Crippen molar-refractivity contribution in [1.82, 2.24) is 0 Å². The van der Waals surface area contributed by atoms with Gasteiger partial charge in [-0.05, 0) is 55.4 Å². The van der Waals surface area contributed by atoms with Crippen LogP contribution in [0.2, 0.25) is 0 Å². The average Bonchev–Trinajstić information content (AvgIpc) is 2.08. The molecule has 6 heteroatoms. The summed E-state index contributed by atoms with van der Waals surface area (Å²) in [6.45, 7) is 14.3. The fourth-order valence-corrected chi connectivity index (χ4v) is 0.680. The van der Waals surface area contributed by atoms with Gasteiger partial charge in [0, 0.05) is 0 Å². The molecule has 18 heavy (non-hydrogen) atoms. The molecule has 0 amide bonds. The molecule has 1 saturated heterocycles. The number of hydrogen-bond acceptors (Lipinski definition) is 4. The van der Waals surface area contributed by atoms with Crippen LogP contribution in [0.25, 0.3) is 0 Å². The minimum absolute atomic E-state index is 0.234. The predicted octanol–water partition coefficient (Wildman–Crippen LogP) is 1.27. The van der Waals surface area contributed by atoms with Crippen molar-refractivity contribution in [3.05, 3.63) is 0 Å². The molecule has 0 aliphatic carbocycles. The standard InChI is InChI=1S/C6H12B2O2.C6H14O2/c1-5(2)6(3,4)10-8-7-9-5;1-5(2,7)6(3,4)8/h1-4H3;7-8H,1-4H3. The molecule has 0 atom stereocenters. The van der Waals surface area contributed by atoms with Gasteiger partial charge >= 0.3 is 0 Å². The van der Waals surface area contributed by atoms with Gasteiger partial charge in [0.2, 0.25) is 0 Å². The lowest BCUT2D eigenvalue weighted by molar-refractivity contribution is -0.107. The van der Waals surface area contributed by atoms with Gasteiger partial charge < -0.3 is 19.5 Å². The first-order valence-electron chi connectivity index (χ1n) is 6.16. The lowest BCUT2D eigenvalue weighted by Gasteiger charge is -2.45. The van der Waals surface area contributed by atoms with E-state index in [1.54, 1.807) is 42.4 Å². The van der Waals surface area contributed by atoms with E-state index in [0.29, 0.717) is 0 Å². The third kappa shape index (κ3) is 4.92. The Labute approximate surface area is 113 Å². The van der Waals surface area contributed by atoms with Crippen molar-refractivity contribution in [3.63, 3.8) is 0 Å². The van der Waals surface area contributed by atoms with E-state index in [9.17, 15) is 0 Å². The second-order valence-electron chi connectivity index (χ2n) is 6.65.